The van der Waals surface area contributed by atoms with Gasteiger partial charge in [-0.3, -0.25) is 9.48 Å². The van der Waals surface area contributed by atoms with Crippen LogP contribution < -0.4 is 4.90 Å². The van der Waals surface area contributed by atoms with Gasteiger partial charge in [-0.05, 0) is 30.5 Å². The van der Waals surface area contributed by atoms with Crippen LogP contribution in [0.25, 0.3) is 10.9 Å². The number of rotatable bonds is 6. The molecule has 0 N–H and O–H groups in total. The minimum atomic E-state index is 0.246. The molecule has 2 aromatic heterocycles. The zero-order valence-corrected chi connectivity index (χ0v) is 18.6. The lowest BCUT2D eigenvalue weighted by Gasteiger charge is -2.22. The summed E-state index contributed by atoms with van der Waals surface area (Å²) in [6, 6.07) is 12.0. The van der Waals surface area contributed by atoms with Gasteiger partial charge in [0.1, 0.15) is 11.9 Å². The Hall–Kier alpha value is -3.40. The summed E-state index contributed by atoms with van der Waals surface area (Å²) in [4.78, 5) is 19.6. The highest BCUT2D eigenvalue weighted by atomic mass is 16.2. The quantitative estimate of drug-likeness (QED) is 0.612. The number of nitriles is 1. The summed E-state index contributed by atoms with van der Waals surface area (Å²) in [6.45, 7) is 4.56. The Kier molecular flexibility index (Phi) is 7.60. The smallest absolute Gasteiger partial charge is 0.222 e. The molecule has 0 saturated carbocycles. The van der Waals surface area contributed by atoms with E-state index in [-0.39, 0.29) is 5.91 Å². The monoisotopic (exact) mass is 418 g/mol. The molecule has 1 aromatic carbocycles. The Morgan fingerprint density at radius 2 is 2.06 bits per heavy atom. The number of fused-ring (bicyclic) bond motifs is 1. The first kappa shape index (κ1) is 22.3. The summed E-state index contributed by atoms with van der Waals surface area (Å²) in [5.74, 6) is 1.07. The van der Waals surface area contributed by atoms with Gasteiger partial charge in [-0.1, -0.05) is 31.5 Å². The highest BCUT2D eigenvalue weighted by molar-refractivity contribution is 5.81. The van der Waals surface area contributed by atoms with Crippen LogP contribution in [0.4, 0.5) is 5.82 Å². The number of likely N-dealkylation sites (tertiary alicyclic amines) is 1. The minimum Gasteiger partial charge on any atom is -0.358 e. The fourth-order valence-electron chi connectivity index (χ4n) is 3.79. The number of carbonyl (C=O) groups is 1. The van der Waals surface area contributed by atoms with Crippen molar-refractivity contribution in [1.82, 2.24) is 19.7 Å². The number of pyridine rings is 1. The van der Waals surface area contributed by atoms with Crippen molar-refractivity contribution < 1.29 is 4.79 Å². The number of hydrogen-bond acceptors (Lipinski definition) is 5. The molecule has 1 saturated heterocycles. The van der Waals surface area contributed by atoms with E-state index < -0.39 is 0 Å². The number of aromatic nitrogens is 3. The van der Waals surface area contributed by atoms with Crippen LogP contribution in [0.5, 0.6) is 0 Å². The number of para-hydroxylation sites is 1. The first-order chi connectivity index (χ1) is 15.0. The van der Waals surface area contributed by atoms with Gasteiger partial charge in [0, 0.05) is 51.7 Å². The number of nitrogens with zero attached hydrogens (tertiary/aromatic N) is 6. The molecular weight excluding hydrogens is 388 g/mol. The van der Waals surface area contributed by atoms with E-state index in [1.54, 1.807) is 12.3 Å². The lowest BCUT2D eigenvalue weighted by Crippen LogP contribution is -2.34. The summed E-state index contributed by atoms with van der Waals surface area (Å²) in [7, 11) is 3.94. The molecule has 31 heavy (non-hydrogen) atoms. The van der Waals surface area contributed by atoms with Crippen LogP contribution in [0, 0.1) is 11.3 Å². The fourth-order valence-corrected chi connectivity index (χ4v) is 3.79. The van der Waals surface area contributed by atoms with Crippen molar-refractivity contribution in [1.29, 1.82) is 5.26 Å². The molecule has 0 bridgehead atoms. The van der Waals surface area contributed by atoms with Crippen molar-refractivity contribution in [3.8, 4) is 6.07 Å². The summed E-state index contributed by atoms with van der Waals surface area (Å²) < 4.78 is 1.96. The Morgan fingerprint density at radius 1 is 1.23 bits per heavy atom. The third kappa shape index (κ3) is 5.60. The van der Waals surface area contributed by atoms with Gasteiger partial charge in [0.2, 0.25) is 5.91 Å². The zero-order valence-electron chi connectivity index (χ0n) is 18.6. The Labute approximate surface area is 183 Å². The van der Waals surface area contributed by atoms with Crippen molar-refractivity contribution in [3.63, 3.8) is 0 Å². The first-order valence-corrected chi connectivity index (χ1v) is 10.8. The third-order valence-corrected chi connectivity index (χ3v) is 5.51. The average Bonchev–Trinajstić information content (AvgIpc) is 3.38. The van der Waals surface area contributed by atoms with Gasteiger partial charge in [-0.25, -0.2) is 4.98 Å². The van der Waals surface area contributed by atoms with E-state index in [1.807, 2.05) is 46.9 Å². The van der Waals surface area contributed by atoms with Crippen LogP contribution in [0.1, 0.15) is 37.3 Å². The van der Waals surface area contributed by atoms with Gasteiger partial charge in [-0.15, -0.1) is 0 Å². The molecule has 0 atom stereocenters. The number of amides is 1. The summed E-state index contributed by atoms with van der Waals surface area (Å²) in [5, 5.41) is 14.2. The van der Waals surface area contributed by atoms with Gasteiger partial charge in [0.25, 0.3) is 0 Å². The summed E-state index contributed by atoms with van der Waals surface area (Å²) in [5.41, 5.74) is 3.24. The molecule has 7 nitrogen and oxygen atoms in total. The van der Waals surface area contributed by atoms with Crippen LogP contribution >= 0.6 is 0 Å². The average molecular weight is 419 g/mol. The maximum Gasteiger partial charge on any atom is 0.222 e. The van der Waals surface area contributed by atoms with E-state index in [0.717, 1.165) is 38.3 Å². The van der Waals surface area contributed by atoms with Gasteiger partial charge in [0.05, 0.1) is 17.3 Å². The van der Waals surface area contributed by atoms with Crippen LogP contribution in [0.3, 0.4) is 0 Å². The Bertz CT molecular complexity index is 1050. The van der Waals surface area contributed by atoms with E-state index >= 15 is 0 Å². The molecular formula is C24H30N6O. The van der Waals surface area contributed by atoms with E-state index in [9.17, 15) is 4.79 Å². The van der Waals surface area contributed by atoms with Gasteiger partial charge in [-0.2, -0.15) is 10.4 Å². The van der Waals surface area contributed by atoms with E-state index in [1.165, 1.54) is 22.9 Å². The highest BCUT2D eigenvalue weighted by Gasteiger charge is 2.19. The topological polar surface area (TPSA) is 78.0 Å². The lowest BCUT2D eigenvalue weighted by atomic mass is 10.1. The standard InChI is InChI=1S/C13H16N4O.C11H14N2/c1-16(7-8-17-6-2-3-13(17)18)12-5-4-11(9-14)10-15-12;1-3-5-9-6-4-7-10-8-12-13(2)11(9)10/h4-5,10H,2-3,6-8H2,1H3;4,6-8H,3,5H2,1-2H3. The summed E-state index contributed by atoms with van der Waals surface area (Å²) >= 11 is 0. The van der Waals surface area contributed by atoms with Crippen molar-refractivity contribution in [2.75, 3.05) is 31.6 Å². The number of carbonyl (C=O) groups excluding carboxylic acids is 1. The molecule has 1 amide bonds. The van der Waals surface area contributed by atoms with E-state index in [0.29, 0.717) is 12.0 Å². The van der Waals surface area contributed by atoms with Crippen molar-refractivity contribution in [2.24, 2.45) is 7.05 Å². The molecule has 1 aliphatic heterocycles. The van der Waals surface area contributed by atoms with Gasteiger partial charge < -0.3 is 9.80 Å². The molecule has 4 rings (SSSR count). The van der Waals surface area contributed by atoms with Crippen LogP contribution in [-0.4, -0.2) is 52.3 Å². The maximum atomic E-state index is 11.5. The molecule has 162 valence electrons. The fraction of sp³-hybridized carbons (Fsp3) is 0.417. The predicted octanol–water partition coefficient (Wildman–Crippen LogP) is 3.54. The van der Waals surface area contributed by atoms with Gasteiger partial charge in [0.15, 0.2) is 0 Å². The Balaban J connectivity index is 0.000000185. The number of benzene rings is 1. The second kappa shape index (κ2) is 10.6. The van der Waals surface area contributed by atoms with Crippen molar-refractivity contribution >= 4 is 22.6 Å². The highest BCUT2D eigenvalue weighted by Crippen LogP contribution is 2.18. The molecule has 0 aliphatic carbocycles. The normalized spacial score (nSPS) is 13.1. The largest absolute Gasteiger partial charge is 0.358 e. The number of hydrogen-bond donors (Lipinski definition) is 0. The second-order valence-corrected chi connectivity index (χ2v) is 7.80. The molecule has 1 aliphatic rings. The van der Waals surface area contributed by atoms with E-state index in [2.05, 4.69) is 35.2 Å². The number of anilines is 1. The van der Waals surface area contributed by atoms with Crippen molar-refractivity contribution in [3.05, 3.63) is 53.9 Å². The SMILES string of the molecule is CCCc1cccc2cnn(C)c12.CN(CCN1CCCC1=O)c1ccc(C#N)cn1. The minimum absolute atomic E-state index is 0.246. The molecule has 3 heterocycles. The number of aryl methyl sites for hydroxylation is 2. The maximum absolute atomic E-state index is 11.5. The lowest BCUT2D eigenvalue weighted by molar-refractivity contribution is -0.127. The Morgan fingerprint density at radius 3 is 2.71 bits per heavy atom. The third-order valence-electron chi connectivity index (χ3n) is 5.51. The summed E-state index contributed by atoms with van der Waals surface area (Å²) in [6.07, 6.45) is 7.46. The second-order valence-electron chi connectivity index (χ2n) is 7.80. The van der Waals surface area contributed by atoms with Crippen molar-refractivity contribution in [2.45, 2.75) is 32.6 Å². The van der Waals surface area contributed by atoms with Crippen LogP contribution in [0.2, 0.25) is 0 Å². The molecule has 3 aromatic rings. The molecule has 1 fully saturated rings. The zero-order chi connectivity index (χ0) is 22.2. The van der Waals surface area contributed by atoms with Crippen LogP contribution in [-0.2, 0) is 18.3 Å². The van der Waals surface area contributed by atoms with Gasteiger partial charge >= 0.3 is 0 Å². The molecule has 0 spiro atoms. The predicted molar refractivity (Wildman–Crippen MR) is 123 cm³/mol. The van der Waals surface area contributed by atoms with Crippen LogP contribution in [0.15, 0.2) is 42.7 Å². The molecule has 7 heteroatoms. The number of likely N-dealkylation sites (N-methyl/N-ethyl adjacent to an activating group) is 1. The first-order valence-electron chi connectivity index (χ1n) is 10.8. The molecule has 0 radical (unpaired) electrons. The van der Waals surface area contributed by atoms with E-state index in [4.69, 9.17) is 5.26 Å². The molecule has 0 unspecified atom stereocenters.